The third-order valence-electron chi connectivity index (χ3n) is 6.84. The number of para-hydroxylation sites is 2. The second-order valence-corrected chi connectivity index (χ2v) is 12.5. The molecule has 11 heteroatoms. The lowest BCUT2D eigenvalue weighted by molar-refractivity contribution is -0.125. The van der Waals surface area contributed by atoms with Gasteiger partial charge in [0.2, 0.25) is 17.7 Å². The number of sulfonamides is 1. The number of halogens is 1. The highest BCUT2D eigenvalue weighted by molar-refractivity contribution is 7.93. The maximum Gasteiger partial charge on any atom is 0.265 e. The van der Waals surface area contributed by atoms with Gasteiger partial charge in [0.1, 0.15) is 6.04 Å². The van der Waals surface area contributed by atoms with E-state index < -0.39 is 27.9 Å². The van der Waals surface area contributed by atoms with Crippen LogP contribution in [0.3, 0.4) is 0 Å². The monoisotopic (exact) mass is 596 g/mol. The van der Waals surface area contributed by atoms with Crippen molar-refractivity contribution in [3.8, 4) is 0 Å². The summed E-state index contributed by atoms with van der Waals surface area (Å²) in [5.41, 5.74) is 3.26. The summed E-state index contributed by atoms with van der Waals surface area (Å²) in [5.74, 6) is -1.26. The molecule has 9 nitrogen and oxygen atoms in total. The average molecular weight is 597 g/mol. The molecule has 0 aromatic heterocycles. The van der Waals surface area contributed by atoms with Crippen molar-refractivity contribution < 1.29 is 22.8 Å². The minimum atomic E-state index is -4.25. The Kier molecular flexibility index (Phi) is 9.04. The average Bonchev–Trinajstić information content (AvgIpc) is 2.91. The third kappa shape index (κ3) is 6.71. The molecule has 0 saturated heterocycles. The largest absolute Gasteiger partial charge is 0.356 e. The topological polar surface area (TPSA) is 125 Å². The summed E-state index contributed by atoms with van der Waals surface area (Å²) in [5, 5.41) is 8.80. The van der Waals surface area contributed by atoms with Gasteiger partial charge in [0.25, 0.3) is 10.0 Å². The zero-order valence-corrected chi connectivity index (χ0v) is 24.9. The summed E-state index contributed by atoms with van der Waals surface area (Å²) in [4.78, 5) is 38.1. The molecule has 3 amide bonds. The van der Waals surface area contributed by atoms with Crippen molar-refractivity contribution in [2.45, 2.75) is 51.5 Å². The first kappa shape index (κ1) is 30.1. The number of amides is 3. The van der Waals surface area contributed by atoms with E-state index in [4.69, 9.17) is 11.6 Å². The predicted molar refractivity (Wildman–Crippen MR) is 161 cm³/mol. The second kappa shape index (κ2) is 12.3. The van der Waals surface area contributed by atoms with E-state index in [1.807, 2.05) is 26.0 Å². The molecule has 3 N–H and O–H groups in total. The minimum absolute atomic E-state index is 0.0161. The Morgan fingerprint density at radius 1 is 1.02 bits per heavy atom. The molecular formula is C30H33ClN4O5S. The van der Waals surface area contributed by atoms with Crippen LogP contribution in [0.4, 0.5) is 17.1 Å². The molecule has 0 aliphatic carbocycles. The fraction of sp³-hybridized carbons (Fsp3) is 0.300. The lowest BCUT2D eigenvalue weighted by Gasteiger charge is -2.37. The van der Waals surface area contributed by atoms with Gasteiger partial charge in [-0.25, -0.2) is 8.42 Å². The van der Waals surface area contributed by atoms with Gasteiger partial charge in [-0.05, 0) is 73.4 Å². The Hall–Kier alpha value is -3.89. The van der Waals surface area contributed by atoms with Gasteiger partial charge >= 0.3 is 0 Å². The quantitative estimate of drug-likeness (QED) is 0.327. The lowest BCUT2D eigenvalue weighted by atomic mass is 10.1. The molecule has 1 aliphatic heterocycles. The number of carbonyl (C=O) groups excluding carboxylic acids is 3. The summed E-state index contributed by atoms with van der Waals surface area (Å²) >= 11 is 6.21. The van der Waals surface area contributed by atoms with Crippen LogP contribution in [0.5, 0.6) is 0 Å². The zero-order chi connectivity index (χ0) is 29.9. The van der Waals surface area contributed by atoms with Crippen LogP contribution < -0.4 is 20.3 Å². The van der Waals surface area contributed by atoms with Crippen molar-refractivity contribution >= 4 is 56.4 Å². The summed E-state index contributed by atoms with van der Waals surface area (Å²) in [6.45, 7) is 7.26. The van der Waals surface area contributed by atoms with Crippen LogP contribution >= 0.6 is 11.6 Å². The van der Waals surface area contributed by atoms with Crippen molar-refractivity contribution in [2.24, 2.45) is 5.92 Å². The molecular weight excluding hydrogens is 564 g/mol. The van der Waals surface area contributed by atoms with E-state index >= 15 is 0 Å². The SMILES string of the molecule is Cc1cc(S(=O)(=O)N2c3ccccc3NC(=O)C2CC(=O)NCCc2ccc(NC(=O)C(C)C)cc2)c(C)cc1Cl. The number of anilines is 3. The van der Waals surface area contributed by atoms with Crippen LogP contribution in [-0.2, 0) is 30.8 Å². The summed E-state index contributed by atoms with van der Waals surface area (Å²) in [6, 6.07) is 15.7. The Morgan fingerprint density at radius 3 is 2.39 bits per heavy atom. The lowest BCUT2D eigenvalue weighted by Crippen LogP contribution is -2.53. The van der Waals surface area contributed by atoms with Gasteiger partial charge < -0.3 is 16.0 Å². The first-order valence-electron chi connectivity index (χ1n) is 13.3. The van der Waals surface area contributed by atoms with Gasteiger partial charge in [0, 0.05) is 23.2 Å². The molecule has 0 radical (unpaired) electrons. The highest BCUT2D eigenvalue weighted by atomic mass is 35.5. The first-order chi connectivity index (χ1) is 19.4. The number of benzene rings is 3. The van der Waals surface area contributed by atoms with E-state index in [1.54, 1.807) is 56.3 Å². The van der Waals surface area contributed by atoms with Crippen LogP contribution in [0.2, 0.25) is 5.02 Å². The van der Waals surface area contributed by atoms with Crippen molar-refractivity contribution in [3.05, 3.63) is 82.4 Å². The number of aryl methyl sites for hydroxylation is 2. The maximum absolute atomic E-state index is 14.0. The van der Waals surface area contributed by atoms with Gasteiger partial charge in [0.05, 0.1) is 22.7 Å². The van der Waals surface area contributed by atoms with Gasteiger partial charge in [-0.3, -0.25) is 18.7 Å². The summed E-state index contributed by atoms with van der Waals surface area (Å²) in [6.07, 6.45) is 0.139. The van der Waals surface area contributed by atoms with E-state index in [2.05, 4.69) is 16.0 Å². The van der Waals surface area contributed by atoms with Crippen LogP contribution in [0, 0.1) is 19.8 Å². The normalized spacial score (nSPS) is 14.8. The molecule has 216 valence electrons. The van der Waals surface area contributed by atoms with Crippen LogP contribution in [0.25, 0.3) is 0 Å². The fourth-order valence-corrected chi connectivity index (χ4v) is 6.65. The number of nitrogens with zero attached hydrogens (tertiary/aromatic N) is 1. The van der Waals surface area contributed by atoms with E-state index in [0.29, 0.717) is 33.9 Å². The number of rotatable bonds is 9. The zero-order valence-electron chi connectivity index (χ0n) is 23.3. The highest BCUT2D eigenvalue weighted by Crippen LogP contribution is 2.38. The van der Waals surface area contributed by atoms with E-state index in [9.17, 15) is 22.8 Å². The van der Waals surface area contributed by atoms with Crippen molar-refractivity contribution in [2.75, 3.05) is 21.5 Å². The molecule has 3 aromatic rings. The molecule has 41 heavy (non-hydrogen) atoms. The minimum Gasteiger partial charge on any atom is -0.356 e. The Labute approximate surface area is 245 Å². The van der Waals surface area contributed by atoms with Crippen LogP contribution in [-0.4, -0.2) is 38.7 Å². The molecule has 3 aromatic carbocycles. The van der Waals surface area contributed by atoms with Gasteiger partial charge in [-0.2, -0.15) is 0 Å². The van der Waals surface area contributed by atoms with Crippen molar-refractivity contribution in [3.63, 3.8) is 0 Å². The molecule has 0 bridgehead atoms. The Morgan fingerprint density at radius 2 is 1.71 bits per heavy atom. The number of hydrogen-bond acceptors (Lipinski definition) is 5. The van der Waals surface area contributed by atoms with E-state index in [0.717, 1.165) is 9.87 Å². The number of nitrogens with one attached hydrogen (secondary N) is 3. The molecule has 0 saturated carbocycles. The molecule has 1 heterocycles. The summed E-state index contributed by atoms with van der Waals surface area (Å²) in [7, 11) is -4.25. The summed E-state index contributed by atoms with van der Waals surface area (Å²) < 4.78 is 29.1. The number of fused-ring (bicyclic) bond motifs is 1. The van der Waals surface area contributed by atoms with Crippen LogP contribution in [0.1, 0.15) is 37.0 Å². The van der Waals surface area contributed by atoms with Gasteiger partial charge in [-0.15, -0.1) is 0 Å². The highest BCUT2D eigenvalue weighted by Gasteiger charge is 2.42. The first-order valence-corrected chi connectivity index (χ1v) is 15.1. The predicted octanol–water partition coefficient (Wildman–Crippen LogP) is 4.82. The van der Waals surface area contributed by atoms with E-state index in [-0.39, 0.29) is 35.4 Å². The van der Waals surface area contributed by atoms with Crippen molar-refractivity contribution in [1.29, 1.82) is 0 Å². The molecule has 1 aliphatic rings. The number of carbonyl (C=O) groups is 3. The third-order valence-corrected chi connectivity index (χ3v) is 9.21. The van der Waals surface area contributed by atoms with Crippen LogP contribution in [0.15, 0.2) is 65.6 Å². The Bertz CT molecular complexity index is 1590. The molecule has 1 atom stereocenters. The maximum atomic E-state index is 14.0. The second-order valence-electron chi connectivity index (χ2n) is 10.3. The van der Waals surface area contributed by atoms with Gasteiger partial charge in [-0.1, -0.05) is 49.7 Å². The molecule has 1 unspecified atom stereocenters. The molecule has 4 rings (SSSR count). The van der Waals surface area contributed by atoms with Crippen molar-refractivity contribution in [1.82, 2.24) is 5.32 Å². The Balaban J connectivity index is 1.50. The van der Waals surface area contributed by atoms with Gasteiger partial charge in [0.15, 0.2) is 0 Å². The fourth-order valence-electron chi connectivity index (χ4n) is 4.51. The van der Waals surface area contributed by atoms with E-state index in [1.165, 1.54) is 6.07 Å². The number of hydrogen-bond donors (Lipinski definition) is 3. The smallest absolute Gasteiger partial charge is 0.265 e. The molecule has 0 spiro atoms. The molecule has 0 fully saturated rings. The standard InChI is InChI=1S/C30H33ClN4O5S/c1-18(2)29(37)33-22-11-9-21(10-12-22)13-14-32-28(36)17-26-30(38)34-24-7-5-6-8-25(24)35(26)41(39,40)27-16-19(3)23(31)15-20(27)4/h5-12,15-16,18,26H,13-14,17H2,1-4H3,(H,32,36)(H,33,37)(H,34,38).